The van der Waals surface area contributed by atoms with Crippen LogP contribution in [-0.4, -0.2) is 45.8 Å². The highest BCUT2D eigenvalue weighted by atomic mass is 32.1. The van der Waals surface area contributed by atoms with Gasteiger partial charge in [-0.1, -0.05) is 0 Å². The Labute approximate surface area is 147 Å². The van der Waals surface area contributed by atoms with E-state index < -0.39 is 0 Å². The first kappa shape index (κ1) is 17.1. The zero-order valence-corrected chi connectivity index (χ0v) is 15.1. The Hall–Kier alpha value is -1.73. The first-order chi connectivity index (χ1) is 11.7. The zero-order valence-electron chi connectivity index (χ0n) is 14.3. The van der Waals surface area contributed by atoms with E-state index in [0.29, 0.717) is 0 Å². The molecule has 24 heavy (non-hydrogen) atoms. The summed E-state index contributed by atoms with van der Waals surface area (Å²) in [5.41, 5.74) is 1.13. The molecule has 0 aromatic carbocycles. The molecule has 1 aliphatic heterocycles. The summed E-state index contributed by atoms with van der Waals surface area (Å²) in [6.07, 6.45) is 5.88. The molecule has 0 unspecified atom stereocenters. The number of aromatic nitrogens is 3. The van der Waals surface area contributed by atoms with E-state index in [2.05, 4.69) is 32.1 Å². The average Bonchev–Trinajstić information content (AvgIpc) is 2.92. The number of nitrogens with zero attached hydrogens (tertiary/aromatic N) is 4. The topological polar surface area (TPSA) is 74.2 Å². The highest BCUT2D eigenvalue weighted by molar-refractivity contribution is 7.11. The third-order valence-corrected chi connectivity index (χ3v) is 5.58. The van der Waals surface area contributed by atoms with Crippen molar-refractivity contribution < 1.29 is 5.11 Å². The SMILES string of the molecule is Cc1nc(C)c(CCNc2cc(N3CCCC[C@@H]3CO)ncn2)s1. The molecular formula is C17H25N5OS. The molecule has 0 amide bonds. The smallest absolute Gasteiger partial charge is 0.134 e. The van der Waals surface area contributed by atoms with Crippen LogP contribution in [0.3, 0.4) is 0 Å². The van der Waals surface area contributed by atoms with Crippen LogP contribution in [0.4, 0.5) is 11.6 Å². The fourth-order valence-electron chi connectivity index (χ4n) is 3.20. The number of aliphatic hydroxyl groups excluding tert-OH is 1. The third-order valence-electron chi connectivity index (χ3n) is 4.44. The lowest BCUT2D eigenvalue weighted by atomic mass is 10.0. The minimum Gasteiger partial charge on any atom is -0.394 e. The second kappa shape index (κ2) is 7.90. The van der Waals surface area contributed by atoms with E-state index in [1.807, 2.05) is 13.0 Å². The van der Waals surface area contributed by atoms with E-state index >= 15 is 0 Å². The summed E-state index contributed by atoms with van der Waals surface area (Å²) in [5, 5.41) is 14.1. The van der Waals surface area contributed by atoms with Gasteiger partial charge in [-0.2, -0.15) is 0 Å². The Bertz CT molecular complexity index is 675. The van der Waals surface area contributed by atoms with Gasteiger partial charge in [0.1, 0.15) is 18.0 Å². The molecule has 2 N–H and O–H groups in total. The second-order valence-electron chi connectivity index (χ2n) is 6.21. The number of thiazole rings is 1. The molecule has 0 spiro atoms. The maximum atomic E-state index is 9.58. The number of aliphatic hydroxyl groups is 1. The van der Waals surface area contributed by atoms with Gasteiger partial charge in [-0.15, -0.1) is 11.3 Å². The Morgan fingerprint density at radius 1 is 1.33 bits per heavy atom. The van der Waals surface area contributed by atoms with Crippen LogP contribution in [0.15, 0.2) is 12.4 Å². The van der Waals surface area contributed by atoms with Crippen LogP contribution in [0.2, 0.25) is 0 Å². The van der Waals surface area contributed by atoms with Crippen LogP contribution in [0.1, 0.15) is 34.8 Å². The number of aryl methyl sites for hydroxylation is 2. The van der Waals surface area contributed by atoms with Gasteiger partial charge in [0.05, 0.1) is 23.4 Å². The van der Waals surface area contributed by atoms with Gasteiger partial charge in [-0.3, -0.25) is 0 Å². The largest absolute Gasteiger partial charge is 0.394 e. The maximum Gasteiger partial charge on any atom is 0.134 e. The summed E-state index contributed by atoms with van der Waals surface area (Å²) in [6, 6.07) is 2.16. The molecule has 1 atom stereocenters. The normalized spacial score (nSPS) is 18.0. The molecule has 1 aliphatic rings. The molecule has 7 heteroatoms. The molecular weight excluding hydrogens is 322 g/mol. The van der Waals surface area contributed by atoms with E-state index in [1.54, 1.807) is 17.7 Å². The quantitative estimate of drug-likeness (QED) is 0.836. The number of piperidine rings is 1. The van der Waals surface area contributed by atoms with E-state index in [-0.39, 0.29) is 12.6 Å². The van der Waals surface area contributed by atoms with E-state index in [4.69, 9.17) is 0 Å². The molecule has 1 fully saturated rings. The molecule has 1 saturated heterocycles. The number of hydrogen-bond donors (Lipinski definition) is 2. The molecule has 3 heterocycles. The fraction of sp³-hybridized carbons (Fsp3) is 0.588. The Kier molecular flexibility index (Phi) is 5.63. The zero-order chi connectivity index (χ0) is 16.9. The molecule has 130 valence electrons. The highest BCUT2D eigenvalue weighted by Gasteiger charge is 2.23. The van der Waals surface area contributed by atoms with Gasteiger partial charge < -0.3 is 15.3 Å². The fourth-order valence-corrected chi connectivity index (χ4v) is 4.14. The van der Waals surface area contributed by atoms with Crippen molar-refractivity contribution in [2.45, 2.75) is 45.6 Å². The molecule has 0 saturated carbocycles. The lowest BCUT2D eigenvalue weighted by Gasteiger charge is -2.35. The van der Waals surface area contributed by atoms with Crippen molar-refractivity contribution in [3.8, 4) is 0 Å². The average molecular weight is 347 g/mol. The van der Waals surface area contributed by atoms with Crippen LogP contribution >= 0.6 is 11.3 Å². The summed E-state index contributed by atoms with van der Waals surface area (Å²) < 4.78 is 0. The summed E-state index contributed by atoms with van der Waals surface area (Å²) in [6.45, 7) is 6.05. The van der Waals surface area contributed by atoms with Crippen molar-refractivity contribution in [1.82, 2.24) is 15.0 Å². The number of anilines is 2. The molecule has 3 rings (SSSR count). The lowest BCUT2D eigenvalue weighted by molar-refractivity contribution is 0.239. The molecule has 2 aromatic heterocycles. The summed E-state index contributed by atoms with van der Waals surface area (Å²) >= 11 is 1.76. The van der Waals surface area contributed by atoms with Crippen molar-refractivity contribution in [3.63, 3.8) is 0 Å². The Morgan fingerprint density at radius 2 is 2.21 bits per heavy atom. The van der Waals surface area contributed by atoms with Gasteiger partial charge in [0.15, 0.2) is 0 Å². The second-order valence-corrected chi connectivity index (χ2v) is 7.49. The van der Waals surface area contributed by atoms with Crippen LogP contribution in [0, 0.1) is 13.8 Å². The molecule has 0 aliphatic carbocycles. The molecule has 0 bridgehead atoms. The predicted octanol–water partition coefficient (Wildman–Crippen LogP) is 2.56. The van der Waals surface area contributed by atoms with E-state index in [9.17, 15) is 5.11 Å². The van der Waals surface area contributed by atoms with Crippen molar-refractivity contribution in [2.24, 2.45) is 0 Å². The van der Waals surface area contributed by atoms with E-state index in [1.165, 1.54) is 11.3 Å². The van der Waals surface area contributed by atoms with Gasteiger partial charge in [0.2, 0.25) is 0 Å². The summed E-state index contributed by atoms with van der Waals surface area (Å²) in [7, 11) is 0. The Morgan fingerprint density at radius 3 is 2.96 bits per heavy atom. The van der Waals surface area contributed by atoms with Gasteiger partial charge in [0, 0.05) is 30.5 Å². The molecule has 0 radical (unpaired) electrons. The monoisotopic (exact) mass is 347 g/mol. The van der Waals surface area contributed by atoms with E-state index in [0.717, 1.165) is 54.7 Å². The minimum atomic E-state index is 0.171. The summed E-state index contributed by atoms with van der Waals surface area (Å²) in [5.74, 6) is 1.73. The Balaban J connectivity index is 1.61. The standard InChI is InChI=1S/C17H25N5OS/c1-12-15(24-13(2)21-12)6-7-18-16-9-17(20-11-19-16)22-8-4-3-5-14(22)10-23/h9,11,14,23H,3-8,10H2,1-2H3,(H,18,19,20)/t14-/m1/s1. The predicted molar refractivity (Wildman–Crippen MR) is 97.9 cm³/mol. The van der Waals surface area contributed by atoms with Crippen molar-refractivity contribution in [1.29, 1.82) is 0 Å². The molecule has 2 aromatic rings. The first-order valence-corrected chi connectivity index (χ1v) is 9.35. The van der Waals surface area contributed by atoms with Crippen molar-refractivity contribution in [2.75, 3.05) is 29.9 Å². The van der Waals surface area contributed by atoms with Crippen molar-refractivity contribution in [3.05, 3.63) is 28.0 Å². The van der Waals surface area contributed by atoms with Crippen LogP contribution in [0.5, 0.6) is 0 Å². The maximum absolute atomic E-state index is 9.58. The summed E-state index contributed by atoms with van der Waals surface area (Å²) in [4.78, 5) is 16.7. The van der Waals surface area contributed by atoms with Gasteiger partial charge >= 0.3 is 0 Å². The van der Waals surface area contributed by atoms with Crippen LogP contribution < -0.4 is 10.2 Å². The van der Waals surface area contributed by atoms with Crippen molar-refractivity contribution >= 4 is 23.0 Å². The van der Waals surface area contributed by atoms with Gasteiger partial charge in [-0.25, -0.2) is 15.0 Å². The minimum absolute atomic E-state index is 0.171. The first-order valence-electron chi connectivity index (χ1n) is 8.53. The number of hydrogen-bond acceptors (Lipinski definition) is 7. The number of nitrogens with one attached hydrogen (secondary N) is 1. The van der Waals surface area contributed by atoms with Gasteiger partial charge in [-0.05, 0) is 33.1 Å². The highest BCUT2D eigenvalue weighted by Crippen LogP contribution is 2.24. The van der Waals surface area contributed by atoms with Crippen LogP contribution in [0.25, 0.3) is 0 Å². The third kappa shape index (κ3) is 4.02. The van der Waals surface area contributed by atoms with Gasteiger partial charge in [0.25, 0.3) is 0 Å². The molecule has 6 nitrogen and oxygen atoms in total. The number of rotatable bonds is 6. The van der Waals surface area contributed by atoms with Crippen LogP contribution in [-0.2, 0) is 6.42 Å². The lowest BCUT2D eigenvalue weighted by Crippen LogP contribution is -2.42.